The van der Waals surface area contributed by atoms with E-state index in [0.717, 1.165) is 23.5 Å². The highest BCUT2D eigenvalue weighted by Gasteiger charge is 2.39. The molecule has 0 saturated heterocycles. The zero-order chi connectivity index (χ0) is 12.5. The highest BCUT2D eigenvalue weighted by Crippen LogP contribution is 2.48. The van der Waals surface area contributed by atoms with Crippen LogP contribution in [0.3, 0.4) is 0 Å². The third kappa shape index (κ3) is 2.46. The molecular weight excluding hydrogens is 226 g/mol. The summed E-state index contributed by atoms with van der Waals surface area (Å²) in [5, 5.41) is 3.61. The normalized spacial score (nSPS) is 25.9. The second kappa shape index (κ2) is 4.81. The molecule has 3 rings (SSSR count). The minimum absolute atomic E-state index is 0.705. The fraction of sp³-hybridized carbons (Fsp3) is 0.600. The fourth-order valence-electron chi connectivity index (χ4n) is 2.57. The van der Waals surface area contributed by atoms with Gasteiger partial charge in [0, 0.05) is 6.04 Å². The van der Waals surface area contributed by atoms with Gasteiger partial charge in [-0.05, 0) is 55.3 Å². The third-order valence-corrected chi connectivity index (χ3v) is 4.00. The smallest absolute Gasteiger partial charge is 0.160 e. The Bertz CT molecular complexity index is 429. The molecule has 0 aliphatic heterocycles. The summed E-state index contributed by atoms with van der Waals surface area (Å²) >= 11 is 0. The van der Waals surface area contributed by atoms with Crippen molar-refractivity contribution in [2.24, 2.45) is 5.92 Å². The zero-order valence-corrected chi connectivity index (χ0v) is 11.1. The van der Waals surface area contributed by atoms with Crippen molar-refractivity contribution in [1.29, 1.82) is 0 Å². The molecule has 0 bridgehead atoms. The summed E-state index contributed by atoms with van der Waals surface area (Å²) < 4.78 is 10.6. The van der Waals surface area contributed by atoms with Crippen molar-refractivity contribution in [2.75, 3.05) is 20.8 Å². The van der Waals surface area contributed by atoms with Crippen LogP contribution in [0, 0.1) is 5.92 Å². The average Bonchev–Trinajstić information content (AvgIpc) is 3.28. The van der Waals surface area contributed by atoms with Crippen LogP contribution in [0.25, 0.3) is 0 Å². The van der Waals surface area contributed by atoms with Gasteiger partial charge >= 0.3 is 0 Å². The maximum Gasteiger partial charge on any atom is 0.160 e. The lowest BCUT2D eigenvalue weighted by atomic mass is 10.1. The first-order valence-electron chi connectivity index (χ1n) is 6.77. The van der Waals surface area contributed by atoms with Gasteiger partial charge in [-0.3, -0.25) is 0 Å². The molecule has 98 valence electrons. The molecule has 1 aromatic carbocycles. The van der Waals surface area contributed by atoms with Gasteiger partial charge < -0.3 is 14.8 Å². The van der Waals surface area contributed by atoms with E-state index >= 15 is 0 Å². The van der Waals surface area contributed by atoms with Crippen molar-refractivity contribution < 1.29 is 9.47 Å². The molecule has 0 heterocycles. The van der Waals surface area contributed by atoms with Crippen molar-refractivity contribution in [1.82, 2.24) is 5.32 Å². The molecule has 2 aliphatic carbocycles. The molecule has 2 saturated carbocycles. The first-order chi connectivity index (χ1) is 8.81. The monoisotopic (exact) mass is 247 g/mol. The van der Waals surface area contributed by atoms with Gasteiger partial charge in [0.15, 0.2) is 11.5 Å². The molecule has 0 radical (unpaired) electrons. The molecule has 18 heavy (non-hydrogen) atoms. The van der Waals surface area contributed by atoms with Crippen LogP contribution in [-0.4, -0.2) is 26.8 Å². The Kier molecular flexibility index (Phi) is 3.16. The predicted octanol–water partition coefficient (Wildman–Crippen LogP) is 2.56. The van der Waals surface area contributed by atoms with Gasteiger partial charge in [0.05, 0.1) is 14.2 Å². The Hall–Kier alpha value is -1.22. The largest absolute Gasteiger partial charge is 0.493 e. The van der Waals surface area contributed by atoms with E-state index in [4.69, 9.17) is 9.47 Å². The molecule has 2 fully saturated rings. The zero-order valence-electron chi connectivity index (χ0n) is 11.1. The van der Waals surface area contributed by atoms with Gasteiger partial charge in [-0.2, -0.15) is 0 Å². The molecule has 2 atom stereocenters. The maximum absolute atomic E-state index is 5.36. The van der Waals surface area contributed by atoms with Gasteiger partial charge in [0.2, 0.25) is 0 Å². The lowest BCUT2D eigenvalue weighted by Gasteiger charge is -2.09. The molecular formula is C15H21NO2. The summed E-state index contributed by atoms with van der Waals surface area (Å²) in [5.41, 5.74) is 1.38. The summed E-state index contributed by atoms with van der Waals surface area (Å²) in [6.07, 6.45) is 4.04. The Morgan fingerprint density at radius 3 is 2.61 bits per heavy atom. The Balaban J connectivity index is 1.62. The van der Waals surface area contributed by atoms with E-state index in [2.05, 4.69) is 17.4 Å². The van der Waals surface area contributed by atoms with Crippen LogP contribution in [0.5, 0.6) is 11.5 Å². The molecule has 3 nitrogen and oxygen atoms in total. The molecule has 0 aromatic heterocycles. The Morgan fingerprint density at radius 2 is 1.94 bits per heavy atom. The van der Waals surface area contributed by atoms with Gasteiger partial charge in [-0.1, -0.05) is 6.07 Å². The highest BCUT2D eigenvalue weighted by atomic mass is 16.5. The van der Waals surface area contributed by atoms with Crippen LogP contribution >= 0.6 is 0 Å². The number of hydrogen-bond donors (Lipinski definition) is 1. The van der Waals surface area contributed by atoms with Crippen LogP contribution in [0.4, 0.5) is 0 Å². The molecule has 0 amide bonds. The van der Waals surface area contributed by atoms with E-state index in [1.807, 2.05) is 6.07 Å². The van der Waals surface area contributed by atoms with Crippen molar-refractivity contribution in [3.8, 4) is 11.5 Å². The van der Waals surface area contributed by atoms with E-state index < -0.39 is 0 Å². The number of rotatable bonds is 6. The number of ether oxygens (including phenoxy) is 2. The van der Waals surface area contributed by atoms with Gasteiger partial charge in [-0.15, -0.1) is 0 Å². The maximum atomic E-state index is 5.36. The average molecular weight is 247 g/mol. The summed E-state index contributed by atoms with van der Waals surface area (Å²) in [6.45, 7) is 1.17. The van der Waals surface area contributed by atoms with E-state index in [1.165, 1.54) is 31.4 Å². The summed E-state index contributed by atoms with van der Waals surface area (Å²) in [6, 6.07) is 7.12. The van der Waals surface area contributed by atoms with E-state index in [1.54, 1.807) is 14.2 Å². The molecule has 1 aromatic rings. The van der Waals surface area contributed by atoms with E-state index in [0.29, 0.717) is 5.92 Å². The third-order valence-electron chi connectivity index (χ3n) is 4.00. The van der Waals surface area contributed by atoms with Gasteiger partial charge in [0.25, 0.3) is 0 Å². The molecule has 3 heteroatoms. The topological polar surface area (TPSA) is 30.5 Å². The number of methoxy groups -OCH3 is 2. The number of nitrogens with one attached hydrogen (secondary N) is 1. The van der Waals surface area contributed by atoms with Crippen molar-refractivity contribution >= 4 is 0 Å². The van der Waals surface area contributed by atoms with Crippen LogP contribution in [-0.2, 0) is 0 Å². The van der Waals surface area contributed by atoms with Crippen LogP contribution in [0.15, 0.2) is 18.2 Å². The highest BCUT2D eigenvalue weighted by molar-refractivity contribution is 5.45. The van der Waals surface area contributed by atoms with Gasteiger partial charge in [-0.25, -0.2) is 0 Å². The summed E-state index contributed by atoms with van der Waals surface area (Å²) in [5.74, 6) is 3.17. The first-order valence-corrected chi connectivity index (χ1v) is 6.77. The van der Waals surface area contributed by atoms with Gasteiger partial charge in [0.1, 0.15) is 0 Å². The minimum Gasteiger partial charge on any atom is -0.493 e. The van der Waals surface area contributed by atoms with Crippen LogP contribution < -0.4 is 14.8 Å². The SMILES string of the molecule is COc1ccc(C2CC2CNC2CC2)cc1OC. The van der Waals surface area contributed by atoms with Crippen LogP contribution in [0.1, 0.15) is 30.7 Å². The molecule has 2 aliphatic rings. The second-order valence-electron chi connectivity index (χ2n) is 5.40. The van der Waals surface area contributed by atoms with E-state index in [9.17, 15) is 0 Å². The van der Waals surface area contributed by atoms with Crippen LogP contribution in [0.2, 0.25) is 0 Å². The summed E-state index contributed by atoms with van der Waals surface area (Å²) in [7, 11) is 3.37. The van der Waals surface area contributed by atoms with E-state index in [-0.39, 0.29) is 0 Å². The quantitative estimate of drug-likeness (QED) is 0.838. The second-order valence-corrected chi connectivity index (χ2v) is 5.40. The van der Waals surface area contributed by atoms with Crippen molar-refractivity contribution in [2.45, 2.75) is 31.2 Å². The van der Waals surface area contributed by atoms with Crippen molar-refractivity contribution in [3.63, 3.8) is 0 Å². The molecule has 2 unspecified atom stereocenters. The first kappa shape index (κ1) is 11.8. The lowest BCUT2D eigenvalue weighted by molar-refractivity contribution is 0.354. The Labute approximate surface area is 108 Å². The minimum atomic E-state index is 0.705. The number of benzene rings is 1. The summed E-state index contributed by atoms with van der Waals surface area (Å²) in [4.78, 5) is 0. The lowest BCUT2D eigenvalue weighted by Crippen LogP contribution is -2.19. The predicted molar refractivity (Wildman–Crippen MR) is 71.4 cm³/mol. The standard InChI is InChI=1S/C15H21NO2/c1-17-14-6-3-10(8-15(14)18-2)13-7-11(13)9-16-12-4-5-12/h3,6,8,11-13,16H,4-5,7,9H2,1-2H3. The molecule has 1 N–H and O–H groups in total. The van der Waals surface area contributed by atoms with Crippen molar-refractivity contribution in [3.05, 3.63) is 23.8 Å². The fourth-order valence-corrected chi connectivity index (χ4v) is 2.57. The molecule has 0 spiro atoms. The Morgan fingerprint density at radius 1 is 1.17 bits per heavy atom. The number of hydrogen-bond acceptors (Lipinski definition) is 3.